The third-order valence-electron chi connectivity index (χ3n) is 5.24. The summed E-state index contributed by atoms with van der Waals surface area (Å²) in [5.41, 5.74) is 6.12. The Kier molecular flexibility index (Phi) is 6.10. The molecule has 2 aromatic carbocycles. The zero-order chi connectivity index (χ0) is 19.2. The van der Waals surface area contributed by atoms with E-state index < -0.39 is 0 Å². The van der Waals surface area contributed by atoms with Gasteiger partial charge in [-0.05, 0) is 50.0 Å². The molecule has 4 nitrogen and oxygen atoms in total. The van der Waals surface area contributed by atoms with Crippen molar-refractivity contribution in [3.8, 4) is 11.4 Å². The smallest absolute Gasteiger partial charge is 0.159 e. The Bertz CT molecular complexity index is 898. The summed E-state index contributed by atoms with van der Waals surface area (Å²) < 4.78 is 0. The molecule has 0 amide bonds. The van der Waals surface area contributed by atoms with Crippen molar-refractivity contribution in [2.75, 3.05) is 13.1 Å². The van der Waals surface area contributed by atoms with Crippen LogP contribution in [0, 0.1) is 6.92 Å². The van der Waals surface area contributed by atoms with Gasteiger partial charge < -0.3 is 5.32 Å². The number of aromatic nitrogens is 2. The fraction of sp³-hybridized carbons (Fsp3) is 0.333. The first-order chi connectivity index (χ1) is 13.8. The molecule has 1 N–H and O–H groups in total. The van der Waals surface area contributed by atoms with Gasteiger partial charge in [-0.25, -0.2) is 9.97 Å². The fourth-order valence-corrected chi connectivity index (χ4v) is 3.77. The van der Waals surface area contributed by atoms with E-state index >= 15 is 0 Å². The largest absolute Gasteiger partial charge is 0.309 e. The minimum Gasteiger partial charge on any atom is -0.309 e. The molecule has 0 aliphatic carbocycles. The maximum Gasteiger partial charge on any atom is 0.159 e. The van der Waals surface area contributed by atoms with Gasteiger partial charge >= 0.3 is 0 Å². The van der Waals surface area contributed by atoms with E-state index in [4.69, 9.17) is 0 Å². The molecule has 28 heavy (non-hydrogen) atoms. The quantitative estimate of drug-likeness (QED) is 0.670. The van der Waals surface area contributed by atoms with Gasteiger partial charge in [-0.2, -0.15) is 0 Å². The normalized spacial score (nSPS) is 14.5. The summed E-state index contributed by atoms with van der Waals surface area (Å²) in [7, 11) is 0. The molecular weight excluding hydrogens is 344 g/mol. The van der Waals surface area contributed by atoms with Crippen molar-refractivity contribution in [1.82, 2.24) is 20.2 Å². The van der Waals surface area contributed by atoms with Gasteiger partial charge in [0.2, 0.25) is 0 Å². The Morgan fingerprint density at radius 1 is 0.857 bits per heavy atom. The summed E-state index contributed by atoms with van der Waals surface area (Å²) in [5.74, 6) is 0.780. The number of benzene rings is 2. The summed E-state index contributed by atoms with van der Waals surface area (Å²) in [6.45, 7) is 7.25. The van der Waals surface area contributed by atoms with Crippen molar-refractivity contribution in [2.24, 2.45) is 0 Å². The van der Waals surface area contributed by atoms with E-state index in [0.29, 0.717) is 0 Å². The molecule has 0 spiro atoms. The van der Waals surface area contributed by atoms with Crippen molar-refractivity contribution in [3.63, 3.8) is 0 Å². The molecule has 1 fully saturated rings. The predicted molar refractivity (Wildman–Crippen MR) is 114 cm³/mol. The molecule has 0 saturated carbocycles. The first-order valence-electron chi connectivity index (χ1n) is 10.2. The highest BCUT2D eigenvalue weighted by Gasteiger charge is 2.11. The Morgan fingerprint density at radius 2 is 1.57 bits per heavy atom. The highest BCUT2D eigenvalue weighted by Crippen LogP contribution is 2.16. The van der Waals surface area contributed by atoms with E-state index in [9.17, 15) is 0 Å². The van der Waals surface area contributed by atoms with E-state index in [1.54, 1.807) is 0 Å². The van der Waals surface area contributed by atoms with E-state index in [1.807, 2.05) is 18.5 Å². The van der Waals surface area contributed by atoms with Gasteiger partial charge in [0.15, 0.2) is 5.82 Å². The Hall–Kier alpha value is -2.56. The molecule has 0 atom stereocenters. The zero-order valence-electron chi connectivity index (χ0n) is 16.6. The minimum atomic E-state index is 0.768. The van der Waals surface area contributed by atoms with Gasteiger partial charge in [0.25, 0.3) is 0 Å². The lowest BCUT2D eigenvalue weighted by Crippen LogP contribution is -2.18. The number of nitrogens with one attached hydrogen (secondary N) is 1. The monoisotopic (exact) mass is 372 g/mol. The van der Waals surface area contributed by atoms with Gasteiger partial charge in [0.05, 0.1) is 0 Å². The average Bonchev–Trinajstić information content (AvgIpc) is 3.22. The number of aryl methyl sites for hydroxylation is 1. The topological polar surface area (TPSA) is 41.1 Å². The van der Waals surface area contributed by atoms with Crippen LogP contribution >= 0.6 is 0 Å². The molecule has 2 heterocycles. The molecule has 1 saturated heterocycles. The number of nitrogens with zero attached hydrogens (tertiary/aromatic N) is 3. The summed E-state index contributed by atoms with van der Waals surface area (Å²) >= 11 is 0. The molecule has 144 valence electrons. The third kappa shape index (κ3) is 5.03. The van der Waals surface area contributed by atoms with Crippen LogP contribution in [0.2, 0.25) is 0 Å². The summed E-state index contributed by atoms with van der Waals surface area (Å²) in [6, 6.07) is 17.2. The van der Waals surface area contributed by atoms with Crippen LogP contribution < -0.4 is 5.32 Å². The first-order valence-corrected chi connectivity index (χ1v) is 10.2. The van der Waals surface area contributed by atoms with Crippen molar-refractivity contribution >= 4 is 0 Å². The van der Waals surface area contributed by atoms with Crippen LogP contribution in [0.25, 0.3) is 11.4 Å². The summed E-state index contributed by atoms with van der Waals surface area (Å²) in [5, 5.41) is 3.51. The molecule has 0 radical (unpaired) electrons. The van der Waals surface area contributed by atoms with Crippen LogP contribution in [0.15, 0.2) is 60.9 Å². The molecule has 4 rings (SSSR count). The Labute approximate surface area is 167 Å². The second kappa shape index (κ2) is 9.09. The van der Waals surface area contributed by atoms with Gasteiger partial charge in [0.1, 0.15) is 0 Å². The van der Waals surface area contributed by atoms with Crippen molar-refractivity contribution in [1.29, 1.82) is 0 Å². The lowest BCUT2D eigenvalue weighted by molar-refractivity contribution is 0.331. The Morgan fingerprint density at radius 3 is 2.36 bits per heavy atom. The number of hydrogen-bond acceptors (Lipinski definition) is 4. The zero-order valence-corrected chi connectivity index (χ0v) is 16.6. The molecule has 0 bridgehead atoms. The second-order valence-electron chi connectivity index (χ2n) is 7.69. The molecule has 1 aliphatic heterocycles. The number of rotatable bonds is 7. The lowest BCUT2D eigenvalue weighted by atomic mass is 10.1. The molecule has 1 aromatic heterocycles. The van der Waals surface area contributed by atoms with Crippen LogP contribution in [-0.2, 0) is 19.6 Å². The first kappa shape index (κ1) is 18.8. The predicted octanol–water partition coefficient (Wildman–Crippen LogP) is 4.34. The van der Waals surface area contributed by atoms with Crippen LogP contribution in [0.4, 0.5) is 0 Å². The molecular formula is C24H28N4. The van der Waals surface area contributed by atoms with E-state index in [0.717, 1.165) is 36.6 Å². The van der Waals surface area contributed by atoms with E-state index in [1.165, 1.54) is 42.6 Å². The van der Waals surface area contributed by atoms with Crippen LogP contribution in [0.5, 0.6) is 0 Å². The van der Waals surface area contributed by atoms with Crippen molar-refractivity contribution in [2.45, 2.75) is 39.4 Å². The van der Waals surface area contributed by atoms with Crippen LogP contribution in [0.1, 0.15) is 35.1 Å². The number of likely N-dealkylation sites (tertiary alicyclic amines) is 1. The maximum atomic E-state index is 4.53. The molecule has 1 aliphatic rings. The van der Waals surface area contributed by atoms with Crippen LogP contribution in [0.3, 0.4) is 0 Å². The second-order valence-corrected chi connectivity index (χ2v) is 7.69. The summed E-state index contributed by atoms with van der Waals surface area (Å²) in [6.07, 6.45) is 6.51. The van der Waals surface area contributed by atoms with Gasteiger partial charge in [0, 0.05) is 43.2 Å². The summed E-state index contributed by atoms with van der Waals surface area (Å²) in [4.78, 5) is 11.6. The van der Waals surface area contributed by atoms with Crippen molar-refractivity contribution in [3.05, 3.63) is 83.2 Å². The highest BCUT2D eigenvalue weighted by atomic mass is 15.1. The lowest BCUT2D eigenvalue weighted by Gasteiger charge is -2.15. The third-order valence-corrected chi connectivity index (χ3v) is 5.24. The molecule has 4 heteroatoms. The average molecular weight is 373 g/mol. The molecule has 3 aromatic rings. The van der Waals surface area contributed by atoms with Gasteiger partial charge in [-0.15, -0.1) is 0 Å². The standard InChI is InChI=1S/C24H28N4/c1-19-6-4-9-23(12-19)24-26-16-22(17-27-24)15-25-14-20-7-5-8-21(13-20)18-28-10-2-3-11-28/h4-9,12-13,16-17,25H,2-3,10-11,14-15,18H2,1H3. The maximum absolute atomic E-state index is 4.53. The van der Waals surface area contributed by atoms with Crippen molar-refractivity contribution < 1.29 is 0 Å². The van der Waals surface area contributed by atoms with Gasteiger partial charge in [-0.1, -0.05) is 48.0 Å². The van der Waals surface area contributed by atoms with E-state index in [-0.39, 0.29) is 0 Å². The highest BCUT2D eigenvalue weighted by molar-refractivity contribution is 5.55. The van der Waals surface area contributed by atoms with Gasteiger partial charge in [-0.3, -0.25) is 4.90 Å². The SMILES string of the molecule is Cc1cccc(-c2ncc(CNCc3cccc(CN4CCCC4)c3)cn2)c1. The molecule has 0 unspecified atom stereocenters. The fourth-order valence-electron chi connectivity index (χ4n) is 3.77. The van der Waals surface area contributed by atoms with Crippen LogP contribution in [-0.4, -0.2) is 28.0 Å². The number of hydrogen-bond donors (Lipinski definition) is 1. The van der Waals surface area contributed by atoms with E-state index in [2.05, 4.69) is 69.6 Å². The minimum absolute atomic E-state index is 0.768. The Balaban J connectivity index is 1.30.